The fourth-order valence-electron chi connectivity index (χ4n) is 5.25. The monoisotopic (exact) mass is 356 g/mol. The van der Waals surface area contributed by atoms with Gasteiger partial charge in [0.25, 0.3) is 0 Å². The van der Waals surface area contributed by atoms with Crippen molar-refractivity contribution in [2.45, 2.75) is 103 Å². The highest BCUT2D eigenvalue weighted by Crippen LogP contribution is 2.41. The largest absolute Gasteiger partial charge is 0.378 e. The molecule has 2 saturated carbocycles. The summed E-state index contributed by atoms with van der Waals surface area (Å²) in [5, 5.41) is 0. The Kier molecular flexibility index (Phi) is 8.05. The lowest BCUT2D eigenvalue weighted by Crippen LogP contribution is -2.29. The maximum absolute atomic E-state index is 6.53. The number of hydrogen-bond acceptors (Lipinski definition) is 1. The molecular weight excluding hydrogens is 316 g/mol. The van der Waals surface area contributed by atoms with Gasteiger partial charge in [0, 0.05) is 6.61 Å². The molecule has 2 aliphatic rings. The van der Waals surface area contributed by atoms with Crippen LogP contribution in [0.25, 0.3) is 0 Å². The molecule has 1 heteroatoms. The summed E-state index contributed by atoms with van der Waals surface area (Å²) in [6.45, 7) is 3.51. The van der Waals surface area contributed by atoms with E-state index in [2.05, 4.69) is 37.3 Å². The molecule has 1 nitrogen and oxygen atoms in total. The van der Waals surface area contributed by atoms with Crippen molar-refractivity contribution in [2.75, 3.05) is 6.61 Å². The molecule has 2 fully saturated rings. The molecule has 26 heavy (non-hydrogen) atoms. The first kappa shape index (κ1) is 19.9. The smallest absolute Gasteiger partial charge is 0.0583 e. The molecule has 1 aromatic carbocycles. The second-order valence-electron chi connectivity index (χ2n) is 9.39. The fourth-order valence-corrected chi connectivity index (χ4v) is 5.25. The van der Waals surface area contributed by atoms with Gasteiger partial charge in [-0.25, -0.2) is 0 Å². The average molecular weight is 357 g/mol. The first-order chi connectivity index (χ1) is 12.7. The Morgan fingerprint density at radius 1 is 0.962 bits per heavy atom. The summed E-state index contributed by atoms with van der Waals surface area (Å²) >= 11 is 0. The summed E-state index contributed by atoms with van der Waals surface area (Å²) in [5.41, 5.74) is 1.98. The Balaban J connectivity index is 1.49. The third-order valence-electron chi connectivity index (χ3n) is 6.98. The average Bonchev–Trinajstić information content (AvgIpc) is 2.68. The van der Waals surface area contributed by atoms with Gasteiger partial charge in [0.1, 0.15) is 0 Å². The molecule has 1 aromatic rings. The van der Waals surface area contributed by atoms with E-state index in [0.717, 1.165) is 18.9 Å². The van der Waals surface area contributed by atoms with Crippen LogP contribution in [0.3, 0.4) is 0 Å². The lowest BCUT2D eigenvalue weighted by Gasteiger charge is -2.37. The number of rotatable bonds is 9. The summed E-state index contributed by atoms with van der Waals surface area (Å²) in [5.74, 6) is 0.934. The van der Waals surface area contributed by atoms with Crippen molar-refractivity contribution < 1.29 is 4.74 Å². The third kappa shape index (κ3) is 6.72. The highest BCUT2D eigenvalue weighted by Gasteiger charge is 2.30. The molecule has 1 unspecified atom stereocenters. The minimum absolute atomic E-state index is 0.446. The minimum Gasteiger partial charge on any atom is -0.378 e. The molecule has 0 saturated heterocycles. The van der Waals surface area contributed by atoms with E-state index in [4.69, 9.17) is 4.74 Å². The van der Waals surface area contributed by atoms with Gasteiger partial charge in [-0.3, -0.25) is 0 Å². The minimum atomic E-state index is 0.446. The predicted octanol–water partition coefficient (Wildman–Crippen LogP) is 7.34. The van der Waals surface area contributed by atoms with Crippen LogP contribution in [0.15, 0.2) is 30.3 Å². The first-order valence-electron chi connectivity index (χ1n) is 11.4. The summed E-state index contributed by atoms with van der Waals surface area (Å²) < 4.78 is 6.53. The highest BCUT2D eigenvalue weighted by molar-refractivity contribution is 5.14. The normalized spacial score (nSPS) is 22.2. The predicted molar refractivity (Wildman–Crippen MR) is 112 cm³/mol. The SMILES string of the molecule is CC1(CC(CCc2ccccc2)OCCC2CCCCC2)CCCCC1. The quantitative estimate of drug-likeness (QED) is 0.450. The van der Waals surface area contributed by atoms with E-state index in [1.807, 2.05) is 0 Å². The van der Waals surface area contributed by atoms with Gasteiger partial charge in [-0.05, 0) is 55.4 Å². The molecule has 1 atom stereocenters. The van der Waals surface area contributed by atoms with Crippen LogP contribution in [0.1, 0.15) is 96.0 Å². The number of hydrogen-bond donors (Lipinski definition) is 0. The molecule has 0 bridgehead atoms. The number of benzene rings is 1. The topological polar surface area (TPSA) is 9.23 Å². The van der Waals surface area contributed by atoms with Crippen LogP contribution >= 0.6 is 0 Å². The van der Waals surface area contributed by atoms with Crippen molar-refractivity contribution in [2.24, 2.45) is 11.3 Å². The Morgan fingerprint density at radius 2 is 1.65 bits per heavy atom. The van der Waals surface area contributed by atoms with Crippen molar-refractivity contribution in [3.05, 3.63) is 35.9 Å². The zero-order valence-corrected chi connectivity index (χ0v) is 17.1. The van der Waals surface area contributed by atoms with Gasteiger partial charge in [0.15, 0.2) is 0 Å². The van der Waals surface area contributed by atoms with Crippen LogP contribution in [0.2, 0.25) is 0 Å². The molecule has 0 aromatic heterocycles. The summed E-state index contributed by atoms with van der Waals surface area (Å²) in [6, 6.07) is 11.0. The van der Waals surface area contributed by atoms with Gasteiger partial charge in [0.2, 0.25) is 0 Å². The van der Waals surface area contributed by atoms with E-state index >= 15 is 0 Å². The zero-order valence-electron chi connectivity index (χ0n) is 17.1. The summed E-state index contributed by atoms with van der Waals surface area (Å²) in [4.78, 5) is 0. The van der Waals surface area contributed by atoms with Crippen LogP contribution in [-0.4, -0.2) is 12.7 Å². The van der Waals surface area contributed by atoms with E-state index in [0.29, 0.717) is 11.5 Å². The van der Waals surface area contributed by atoms with Crippen LogP contribution in [0.4, 0.5) is 0 Å². The van der Waals surface area contributed by atoms with Gasteiger partial charge in [-0.2, -0.15) is 0 Å². The Morgan fingerprint density at radius 3 is 2.38 bits per heavy atom. The molecule has 146 valence electrons. The molecule has 3 rings (SSSR count). The highest BCUT2D eigenvalue weighted by atomic mass is 16.5. The van der Waals surface area contributed by atoms with Gasteiger partial charge in [-0.1, -0.05) is 88.6 Å². The van der Waals surface area contributed by atoms with Crippen molar-refractivity contribution in [3.63, 3.8) is 0 Å². The maximum Gasteiger partial charge on any atom is 0.0583 e. The molecule has 0 radical (unpaired) electrons. The third-order valence-corrected chi connectivity index (χ3v) is 6.98. The van der Waals surface area contributed by atoms with E-state index < -0.39 is 0 Å². The van der Waals surface area contributed by atoms with Crippen molar-refractivity contribution in [1.82, 2.24) is 0 Å². The second-order valence-corrected chi connectivity index (χ2v) is 9.39. The Hall–Kier alpha value is -0.820. The summed E-state index contributed by atoms with van der Waals surface area (Å²) in [6.07, 6.45) is 19.7. The van der Waals surface area contributed by atoms with Gasteiger partial charge >= 0.3 is 0 Å². The van der Waals surface area contributed by atoms with Crippen molar-refractivity contribution in [1.29, 1.82) is 0 Å². The van der Waals surface area contributed by atoms with E-state index in [1.54, 1.807) is 0 Å². The molecular formula is C25H40O. The molecule has 0 aliphatic heterocycles. The molecule has 2 aliphatic carbocycles. The Bertz CT molecular complexity index is 482. The number of ether oxygens (including phenoxy) is 1. The number of aryl methyl sites for hydroxylation is 1. The van der Waals surface area contributed by atoms with Crippen LogP contribution in [0.5, 0.6) is 0 Å². The zero-order chi connectivity index (χ0) is 18.1. The van der Waals surface area contributed by atoms with E-state index in [1.165, 1.54) is 89.0 Å². The maximum atomic E-state index is 6.53. The van der Waals surface area contributed by atoms with Gasteiger partial charge < -0.3 is 4.74 Å². The van der Waals surface area contributed by atoms with Crippen LogP contribution < -0.4 is 0 Å². The second kappa shape index (κ2) is 10.5. The lowest BCUT2D eigenvalue weighted by atomic mass is 9.72. The standard InChI is InChI=1S/C25H40O/c1-25(18-9-4-10-19-25)21-24(16-15-22-11-5-2-6-12-22)26-20-17-23-13-7-3-8-14-23/h2,5-6,11-12,23-24H,3-4,7-10,13-21H2,1H3. The van der Waals surface area contributed by atoms with E-state index in [9.17, 15) is 0 Å². The van der Waals surface area contributed by atoms with E-state index in [-0.39, 0.29) is 0 Å². The summed E-state index contributed by atoms with van der Waals surface area (Å²) in [7, 11) is 0. The molecule has 0 N–H and O–H groups in total. The fraction of sp³-hybridized carbons (Fsp3) is 0.760. The molecule has 0 heterocycles. The lowest BCUT2D eigenvalue weighted by molar-refractivity contribution is -0.00201. The van der Waals surface area contributed by atoms with Crippen molar-refractivity contribution >= 4 is 0 Å². The van der Waals surface area contributed by atoms with Crippen LogP contribution in [0, 0.1) is 11.3 Å². The van der Waals surface area contributed by atoms with Gasteiger partial charge in [-0.15, -0.1) is 0 Å². The van der Waals surface area contributed by atoms with Crippen LogP contribution in [-0.2, 0) is 11.2 Å². The Labute approximate surface area is 161 Å². The molecule has 0 amide bonds. The van der Waals surface area contributed by atoms with Gasteiger partial charge in [0.05, 0.1) is 6.10 Å². The first-order valence-corrected chi connectivity index (χ1v) is 11.4. The molecule has 0 spiro atoms. The van der Waals surface area contributed by atoms with Crippen molar-refractivity contribution in [3.8, 4) is 0 Å².